The zero-order valence-corrected chi connectivity index (χ0v) is 7.02. The third kappa shape index (κ3) is 0.942. The first kappa shape index (κ1) is 7.62. The molecule has 0 radical (unpaired) electrons. The van der Waals surface area contributed by atoms with Crippen LogP contribution in [-0.4, -0.2) is 14.9 Å². The molecule has 1 heterocycles. The van der Waals surface area contributed by atoms with E-state index < -0.39 is 0 Å². The summed E-state index contributed by atoms with van der Waals surface area (Å²) in [5.74, 6) is 0.0992. The molecule has 64 valence electrons. The normalized spacial score (nSPS) is 10.2. The molecule has 4 heteroatoms. The smallest absolute Gasteiger partial charge is 0.149 e. The van der Waals surface area contributed by atoms with Crippen molar-refractivity contribution < 1.29 is 5.11 Å². The fraction of sp³-hybridized carbons (Fsp3) is 0.111. The van der Waals surface area contributed by atoms with E-state index in [1.807, 2.05) is 6.07 Å². The van der Waals surface area contributed by atoms with Gasteiger partial charge in [0.25, 0.3) is 0 Å². The Hall–Kier alpha value is -2.02. The van der Waals surface area contributed by atoms with Gasteiger partial charge >= 0.3 is 0 Å². The van der Waals surface area contributed by atoms with Crippen LogP contribution >= 0.6 is 0 Å². The van der Waals surface area contributed by atoms with Gasteiger partial charge in [0.2, 0.25) is 0 Å². The Morgan fingerprint density at radius 2 is 2.31 bits per heavy atom. The summed E-state index contributed by atoms with van der Waals surface area (Å²) in [4.78, 5) is 0. The third-order valence-electron chi connectivity index (χ3n) is 1.94. The number of aromatic hydroxyl groups is 1. The highest BCUT2D eigenvalue weighted by atomic mass is 16.3. The molecular formula is C9H7N3O. The van der Waals surface area contributed by atoms with Gasteiger partial charge in [0.05, 0.1) is 10.9 Å². The van der Waals surface area contributed by atoms with Crippen LogP contribution in [0.5, 0.6) is 5.75 Å². The molecule has 4 nitrogen and oxygen atoms in total. The summed E-state index contributed by atoms with van der Waals surface area (Å²) < 4.78 is 1.46. The van der Waals surface area contributed by atoms with Crippen LogP contribution < -0.4 is 0 Å². The Kier molecular flexibility index (Phi) is 1.46. The molecule has 0 saturated heterocycles. The third-order valence-corrected chi connectivity index (χ3v) is 1.94. The van der Waals surface area contributed by atoms with Gasteiger partial charge < -0.3 is 5.11 Å². The minimum atomic E-state index is 0.0992. The number of aryl methyl sites for hydroxylation is 1. The van der Waals surface area contributed by atoms with Gasteiger partial charge in [-0.1, -0.05) is 6.07 Å². The summed E-state index contributed by atoms with van der Waals surface area (Å²) in [6.45, 7) is 0. The second-order valence-corrected chi connectivity index (χ2v) is 2.76. The van der Waals surface area contributed by atoms with Crippen LogP contribution in [0.1, 0.15) is 5.69 Å². The van der Waals surface area contributed by atoms with Crippen LogP contribution in [0.15, 0.2) is 18.2 Å². The van der Waals surface area contributed by atoms with Crippen molar-refractivity contribution in [2.45, 2.75) is 0 Å². The summed E-state index contributed by atoms with van der Waals surface area (Å²) in [6.07, 6.45) is 0. The molecular weight excluding hydrogens is 166 g/mol. The molecule has 0 amide bonds. The minimum Gasteiger partial charge on any atom is -0.507 e. The lowest BCUT2D eigenvalue weighted by Crippen LogP contribution is -1.92. The predicted octanol–water partition coefficient (Wildman–Crippen LogP) is 1.15. The molecule has 0 saturated carbocycles. The van der Waals surface area contributed by atoms with Crippen molar-refractivity contribution in [2.24, 2.45) is 7.05 Å². The molecule has 0 bridgehead atoms. The van der Waals surface area contributed by atoms with E-state index >= 15 is 0 Å². The molecule has 13 heavy (non-hydrogen) atoms. The van der Waals surface area contributed by atoms with Crippen LogP contribution in [0.25, 0.3) is 10.9 Å². The number of nitrogens with zero attached hydrogens (tertiary/aromatic N) is 3. The van der Waals surface area contributed by atoms with Crippen LogP contribution in [-0.2, 0) is 7.05 Å². The molecule has 1 aromatic carbocycles. The molecule has 2 aromatic rings. The van der Waals surface area contributed by atoms with Gasteiger partial charge in [-0.05, 0) is 12.1 Å². The molecule has 1 N–H and O–H groups in total. The maximum absolute atomic E-state index is 9.49. The Balaban J connectivity index is 2.99. The van der Waals surface area contributed by atoms with Crippen LogP contribution in [0.3, 0.4) is 0 Å². The molecule has 0 aliphatic rings. The van der Waals surface area contributed by atoms with Gasteiger partial charge in [-0.25, -0.2) is 0 Å². The van der Waals surface area contributed by atoms with E-state index in [-0.39, 0.29) is 5.75 Å². The minimum absolute atomic E-state index is 0.0992. The van der Waals surface area contributed by atoms with E-state index in [0.29, 0.717) is 16.6 Å². The van der Waals surface area contributed by atoms with E-state index in [9.17, 15) is 5.11 Å². The van der Waals surface area contributed by atoms with E-state index in [0.717, 1.165) is 0 Å². The van der Waals surface area contributed by atoms with E-state index in [2.05, 4.69) is 5.10 Å². The zero-order valence-electron chi connectivity index (χ0n) is 7.02. The Labute approximate surface area is 74.6 Å². The fourth-order valence-corrected chi connectivity index (χ4v) is 1.36. The van der Waals surface area contributed by atoms with Crippen molar-refractivity contribution in [1.82, 2.24) is 9.78 Å². The molecule has 0 atom stereocenters. The van der Waals surface area contributed by atoms with Gasteiger partial charge in [-0.3, -0.25) is 4.68 Å². The average Bonchev–Trinajstić information content (AvgIpc) is 2.42. The number of hydrogen-bond acceptors (Lipinski definition) is 3. The molecule has 0 spiro atoms. The van der Waals surface area contributed by atoms with Gasteiger partial charge in [0.1, 0.15) is 17.5 Å². The number of nitriles is 1. The highest BCUT2D eigenvalue weighted by molar-refractivity contribution is 5.89. The first-order valence-electron chi connectivity index (χ1n) is 3.79. The lowest BCUT2D eigenvalue weighted by atomic mass is 10.2. The highest BCUT2D eigenvalue weighted by Gasteiger charge is 2.10. The topological polar surface area (TPSA) is 61.8 Å². The monoisotopic (exact) mass is 173 g/mol. The van der Waals surface area contributed by atoms with Crippen molar-refractivity contribution in [3.8, 4) is 11.8 Å². The SMILES string of the molecule is Cn1nc2cccc(O)c2c1C#N. The number of fused-ring (bicyclic) bond motifs is 1. The fourth-order valence-electron chi connectivity index (χ4n) is 1.36. The lowest BCUT2D eigenvalue weighted by Gasteiger charge is -1.92. The zero-order chi connectivity index (χ0) is 9.42. The van der Waals surface area contributed by atoms with Crippen LogP contribution in [0, 0.1) is 11.3 Å². The quantitative estimate of drug-likeness (QED) is 0.650. The van der Waals surface area contributed by atoms with Gasteiger partial charge in [-0.15, -0.1) is 0 Å². The standard InChI is InChI=1S/C9H7N3O/c1-12-7(5-10)9-6(11-12)3-2-4-8(9)13/h2-4,13H,1H3. The summed E-state index contributed by atoms with van der Waals surface area (Å²) in [7, 11) is 1.68. The molecule has 2 rings (SSSR count). The Morgan fingerprint density at radius 1 is 1.54 bits per heavy atom. The number of aromatic nitrogens is 2. The van der Waals surface area contributed by atoms with Crippen molar-refractivity contribution >= 4 is 10.9 Å². The number of phenols is 1. The summed E-state index contributed by atoms with van der Waals surface area (Å²) >= 11 is 0. The van der Waals surface area contributed by atoms with Crippen LogP contribution in [0.2, 0.25) is 0 Å². The number of hydrogen-bond donors (Lipinski definition) is 1. The second kappa shape index (κ2) is 2.49. The number of phenolic OH excluding ortho intramolecular Hbond substituents is 1. The van der Waals surface area contributed by atoms with Crippen molar-refractivity contribution in [1.29, 1.82) is 5.26 Å². The summed E-state index contributed by atoms with van der Waals surface area (Å²) in [5, 5.41) is 22.9. The van der Waals surface area contributed by atoms with Crippen LogP contribution in [0.4, 0.5) is 0 Å². The summed E-state index contributed by atoms with van der Waals surface area (Å²) in [5.41, 5.74) is 1.02. The van der Waals surface area contributed by atoms with Gasteiger partial charge in [-0.2, -0.15) is 10.4 Å². The predicted molar refractivity (Wildman–Crippen MR) is 47.1 cm³/mol. The van der Waals surface area contributed by atoms with Crippen molar-refractivity contribution in [3.63, 3.8) is 0 Å². The van der Waals surface area contributed by atoms with E-state index in [1.54, 1.807) is 25.2 Å². The average molecular weight is 173 g/mol. The molecule has 0 fully saturated rings. The maximum atomic E-state index is 9.49. The van der Waals surface area contributed by atoms with Crippen molar-refractivity contribution in [3.05, 3.63) is 23.9 Å². The molecule has 0 aliphatic heterocycles. The first-order chi connectivity index (χ1) is 6.24. The van der Waals surface area contributed by atoms with Gasteiger partial charge in [0.15, 0.2) is 0 Å². The Bertz CT molecular complexity index is 507. The largest absolute Gasteiger partial charge is 0.507 e. The molecule has 1 aromatic heterocycles. The highest BCUT2D eigenvalue weighted by Crippen LogP contribution is 2.26. The second-order valence-electron chi connectivity index (χ2n) is 2.76. The van der Waals surface area contributed by atoms with E-state index in [1.165, 1.54) is 4.68 Å². The molecule has 0 aliphatic carbocycles. The summed E-state index contributed by atoms with van der Waals surface area (Å²) in [6, 6.07) is 7.01. The van der Waals surface area contributed by atoms with Gasteiger partial charge in [0, 0.05) is 7.05 Å². The maximum Gasteiger partial charge on any atom is 0.149 e. The van der Waals surface area contributed by atoms with E-state index in [4.69, 9.17) is 5.26 Å². The Morgan fingerprint density at radius 3 is 3.00 bits per heavy atom. The number of rotatable bonds is 0. The van der Waals surface area contributed by atoms with Crippen molar-refractivity contribution in [2.75, 3.05) is 0 Å². The molecule has 0 unspecified atom stereocenters. The number of benzene rings is 1. The lowest BCUT2D eigenvalue weighted by molar-refractivity contribution is 0.481. The first-order valence-corrected chi connectivity index (χ1v) is 3.79.